The first kappa shape index (κ1) is 14.7. The summed E-state index contributed by atoms with van der Waals surface area (Å²) in [5.74, 6) is -0.402. The molecule has 1 heterocycles. The lowest BCUT2D eigenvalue weighted by molar-refractivity contribution is -0.121. The Labute approximate surface area is 121 Å². The van der Waals surface area contributed by atoms with E-state index in [1.807, 2.05) is 16.8 Å². The Bertz CT molecular complexity index is 540. The van der Waals surface area contributed by atoms with Gasteiger partial charge in [0.15, 0.2) is 0 Å². The minimum Gasteiger partial charge on any atom is -0.387 e. The monoisotopic (exact) mass is 293 g/mol. The summed E-state index contributed by atoms with van der Waals surface area (Å²) in [5.41, 5.74) is 1.73. The zero-order valence-corrected chi connectivity index (χ0v) is 11.7. The van der Waals surface area contributed by atoms with E-state index in [9.17, 15) is 14.3 Å². The van der Waals surface area contributed by atoms with Gasteiger partial charge in [-0.2, -0.15) is 11.3 Å². The number of aliphatic hydroxyl groups excluding tert-OH is 1. The average molecular weight is 293 g/mol. The summed E-state index contributed by atoms with van der Waals surface area (Å²) >= 11 is 1.51. The van der Waals surface area contributed by atoms with Gasteiger partial charge >= 0.3 is 0 Å². The Hall–Kier alpha value is -1.72. The number of carbonyl (C=O) groups is 1. The highest BCUT2D eigenvalue weighted by Crippen LogP contribution is 2.15. The number of amides is 1. The second-order valence-corrected chi connectivity index (χ2v) is 5.28. The van der Waals surface area contributed by atoms with E-state index in [0.29, 0.717) is 12.8 Å². The van der Waals surface area contributed by atoms with Crippen LogP contribution in [0.4, 0.5) is 4.39 Å². The van der Waals surface area contributed by atoms with E-state index in [1.54, 1.807) is 12.1 Å². The Morgan fingerprint density at radius 2 is 2.05 bits per heavy atom. The molecule has 0 saturated carbocycles. The topological polar surface area (TPSA) is 49.3 Å². The first-order valence-electron chi connectivity index (χ1n) is 6.36. The van der Waals surface area contributed by atoms with Crippen molar-refractivity contribution in [2.45, 2.75) is 18.9 Å². The maximum Gasteiger partial charge on any atom is 0.220 e. The lowest BCUT2D eigenvalue weighted by Crippen LogP contribution is -2.28. The van der Waals surface area contributed by atoms with Crippen molar-refractivity contribution in [3.05, 3.63) is 58.0 Å². The van der Waals surface area contributed by atoms with Gasteiger partial charge in [-0.25, -0.2) is 4.39 Å². The molecule has 0 saturated heterocycles. The summed E-state index contributed by atoms with van der Waals surface area (Å²) in [7, 11) is 0. The molecule has 1 aromatic heterocycles. The van der Waals surface area contributed by atoms with Crippen LogP contribution < -0.4 is 5.32 Å². The fourth-order valence-corrected chi connectivity index (χ4v) is 2.50. The first-order chi connectivity index (χ1) is 9.65. The van der Waals surface area contributed by atoms with Gasteiger partial charge in [-0.1, -0.05) is 12.1 Å². The van der Waals surface area contributed by atoms with Gasteiger partial charge in [0, 0.05) is 13.0 Å². The standard InChI is InChI=1S/C15H16FNO2S/c16-13-4-1-11(2-5-13)3-6-15(19)17-9-14(18)12-7-8-20-10-12/h1-2,4-5,7-8,10,14,18H,3,6,9H2,(H,17,19). The van der Waals surface area contributed by atoms with Gasteiger partial charge in [0.2, 0.25) is 5.91 Å². The van der Waals surface area contributed by atoms with Gasteiger partial charge in [-0.3, -0.25) is 4.79 Å². The summed E-state index contributed by atoms with van der Waals surface area (Å²) in [5, 5.41) is 16.3. The number of thiophene rings is 1. The molecule has 0 aliphatic carbocycles. The molecule has 2 aromatic rings. The van der Waals surface area contributed by atoms with E-state index < -0.39 is 6.10 Å². The average Bonchev–Trinajstić information content (AvgIpc) is 2.98. The molecule has 0 aliphatic heterocycles. The number of aryl methyl sites for hydroxylation is 1. The van der Waals surface area contributed by atoms with Crippen LogP contribution in [0.5, 0.6) is 0 Å². The Kier molecular flexibility index (Phi) is 5.26. The molecule has 1 aromatic carbocycles. The van der Waals surface area contributed by atoms with Crippen LogP contribution in [0, 0.1) is 5.82 Å². The number of nitrogens with one attached hydrogen (secondary N) is 1. The molecule has 0 bridgehead atoms. The van der Waals surface area contributed by atoms with Crippen LogP contribution in [0.25, 0.3) is 0 Å². The number of rotatable bonds is 6. The van der Waals surface area contributed by atoms with E-state index in [-0.39, 0.29) is 18.3 Å². The molecule has 1 unspecified atom stereocenters. The van der Waals surface area contributed by atoms with E-state index in [2.05, 4.69) is 5.32 Å². The number of halogens is 1. The van der Waals surface area contributed by atoms with Crippen LogP contribution in [0.1, 0.15) is 23.7 Å². The molecule has 106 valence electrons. The van der Waals surface area contributed by atoms with Crippen LogP contribution in [0.3, 0.4) is 0 Å². The molecule has 0 spiro atoms. The summed E-state index contributed by atoms with van der Waals surface area (Å²) in [6, 6.07) is 7.94. The van der Waals surface area contributed by atoms with E-state index >= 15 is 0 Å². The molecule has 0 fully saturated rings. The number of carbonyl (C=O) groups excluding carboxylic acids is 1. The molecular formula is C15H16FNO2S. The first-order valence-corrected chi connectivity index (χ1v) is 7.31. The highest BCUT2D eigenvalue weighted by molar-refractivity contribution is 7.07. The maximum absolute atomic E-state index is 12.7. The van der Waals surface area contributed by atoms with E-state index in [0.717, 1.165) is 11.1 Å². The lowest BCUT2D eigenvalue weighted by Gasteiger charge is -2.10. The number of aliphatic hydroxyl groups is 1. The molecule has 1 atom stereocenters. The van der Waals surface area contributed by atoms with Crippen LogP contribution in [-0.2, 0) is 11.2 Å². The number of hydrogen-bond acceptors (Lipinski definition) is 3. The van der Waals surface area contributed by atoms with Crippen LogP contribution in [-0.4, -0.2) is 17.6 Å². The molecule has 20 heavy (non-hydrogen) atoms. The number of benzene rings is 1. The van der Waals surface area contributed by atoms with Crippen molar-refractivity contribution in [1.82, 2.24) is 5.32 Å². The molecule has 0 aliphatic rings. The Morgan fingerprint density at radius 1 is 1.30 bits per heavy atom. The maximum atomic E-state index is 12.7. The Morgan fingerprint density at radius 3 is 2.70 bits per heavy atom. The summed E-state index contributed by atoms with van der Waals surface area (Å²) in [6.07, 6.45) is 0.207. The van der Waals surface area contributed by atoms with Crippen molar-refractivity contribution in [1.29, 1.82) is 0 Å². The zero-order chi connectivity index (χ0) is 14.4. The molecule has 5 heteroatoms. The fraction of sp³-hybridized carbons (Fsp3) is 0.267. The van der Waals surface area contributed by atoms with Crippen LogP contribution in [0.2, 0.25) is 0 Å². The minimum atomic E-state index is -0.670. The van der Waals surface area contributed by atoms with Gasteiger partial charge in [-0.15, -0.1) is 0 Å². The van der Waals surface area contributed by atoms with Crippen molar-refractivity contribution >= 4 is 17.2 Å². The number of hydrogen-bond donors (Lipinski definition) is 2. The van der Waals surface area contributed by atoms with Gasteiger partial charge < -0.3 is 10.4 Å². The SMILES string of the molecule is O=C(CCc1ccc(F)cc1)NCC(O)c1ccsc1. The predicted octanol–water partition coefficient (Wildman–Crippen LogP) is 2.67. The molecule has 0 radical (unpaired) electrons. The highest BCUT2D eigenvalue weighted by atomic mass is 32.1. The largest absolute Gasteiger partial charge is 0.387 e. The van der Waals surface area contributed by atoms with E-state index in [4.69, 9.17) is 0 Å². The molecule has 2 rings (SSSR count). The van der Waals surface area contributed by atoms with E-state index in [1.165, 1.54) is 23.5 Å². The second kappa shape index (κ2) is 7.17. The van der Waals surface area contributed by atoms with Crippen molar-refractivity contribution < 1.29 is 14.3 Å². The zero-order valence-electron chi connectivity index (χ0n) is 10.9. The van der Waals surface area contributed by atoms with Gasteiger partial charge in [0.05, 0.1) is 6.10 Å². The smallest absolute Gasteiger partial charge is 0.220 e. The summed E-state index contributed by atoms with van der Waals surface area (Å²) in [4.78, 5) is 11.7. The second-order valence-electron chi connectivity index (χ2n) is 4.50. The van der Waals surface area contributed by atoms with Crippen molar-refractivity contribution in [3.63, 3.8) is 0 Å². The van der Waals surface area contributed by atoms with Crippen LogP contribution >= 0.6 is 11.3 Å². The van der Waals surface area contributed by atoms with Crippen LogP contribution in [0.15, 0.2) is 41.1 Å². The summed E-state index contributed by atoms with van der Waals surface area (Å²) < 4.78 is 12.7. The molecule has 1 amide bonds. The molecular weight excluding hydrogens is 277 g/mol. The third-order valence-electron chi connectivity index (χ3n) is 2.97. The highest BCUT2D eigenvalue weighted by Gasteiger charge is 2.09. The Balaban J connectivity index is 1.71. The van der Waals surface area contributed by atoms with Crippen molar-refractivity contribution in [3.8, 4) is 0 Å². The van der Waals surface area contributed by atoms with Crippen molar-refractivity contribution in [2.75, 3.05) is 6.54 Å². The minimum absolute atomic E-state index is 0.122. The third kappa shape index (κ3) is 4.43. The fourth-order valence-electron chi connectivity index (χ4n) is 1.79. The quantitative estimate of drug-likeness (QED) is 0.860. The summed E-state index contributed by atoms with van der Waals surface area (Å²) in [6.45, 7) is 0.207. The molecule has 2 N–H and O–H groups in total. The molecule has 3 nitrogen and oxygen atoms in total. The van der Waals surface area contributed by atoms with Crippen molar-refractivity contribution in [2.24, 2.45) is 0 Å². The van der Waals surface area contributed by atoms with Gasteiger partial charge in [0.1, 0.15) is 5.82 Å². The lowest BCUT2D eigenvalue weighted by atomic mass is 10.1. The third-order valence-corrected chi connectivity index (χ3v) is 3.68. The normalized spacial score (nSPS) is 12.1. The predicted molar refractivity (Wildman–Crippen MR) is 77.0 cm³/mol. The van der Waals surface area contributed by atoms with Gasteiger partial charge in [-0.05, 0) is 46.5 Å². The van der Waals surface area contributed by atoms with Gasteiger partial charge in [0.25, 0.3) is 0 Å².